The van der Waals surface area contributed by atoms with E-state index in [-0.39, 0.29) is 17.4 Å². The molecule has 6 heteroatoms. The molecule has 1 saturated heterocycles. The van der Waals surface area contributed by atoms with Crippen molar-refractivity contribution in [1.82, 2.24) is 9.47 Å². The number of nitrogens with zero attached hydrogens (tertiary/aromatic N) is 2. The highest BCUT2D eigenvalue weighted by atomic mass is 16.5. The molecule has 1 amide bonds. The molecule has 1 aliphatic rings. The average molecular weight is 278 g/mol. The molecule has 1 aliphatic heterocycles. The minimum atomic E-state index is -0.536. The van der Waals surface area contributed by atoms with Crippen LogP contribution in [0.5, 0.6) is 0 Å². The smallest absolute Gasteiger partial charge is 0.328 e. The highest BCUT2D eigenvalue weighted by Crippen LogP contribution is 2.20. The van der Waals surface area contributed by atoms with Gasteiger partial charge in [-0.05, 0) is 25.8 Å². The monoisotopic (exact) mass is 278 g/mol. The Bertz CT molecular complexity index is 579. The zero-order valence-corrected chi connectivity index (χ0v) is 11.7. The quantitative estimate of drug-likeness (QED) is 0.757. The lowest BCUT2D eigenvalue weighted by Gasteiger charge is -2.23. The van der Waals surface area contributed by atoms with Crippen LogP contribution < -0.4 is 5.56 Å². The van der Waals surface area contributed by atoms with E-state index in [1.165, 1.54) is 15.5 Å². The molecule has 0 spiro atoms. The SMILES string of the molecule is CCOC(=O)C1CCCN1C(=O)c1ccn(C)c(=O)c1. The van der Waals surface area contributed by atoms with Crippen LogP contribution in [0.1, 0.15) is 30.1 Å². The van der Waals surface area contributed by atoms with E-state index in [1.54, 1.807) is 26.2 Å². The fourth-order valence-corrected chi connectivity index (χ4v) is 2.34. The van der Waals surface area contributed by atoms with Gasteiger partial charge in [0.2, 0.25) is 0 Å². The van der Waals surface area contributed by atoms with E-state index in [2.05, 4.69) is 0 Å². The number of hydrogen-bond donors (Lipinski definition) is 0. The Morgan fingerprint density at radius 2 is 2.20 bits per heavy atom. The van der Waals surface area contributed by atoms with Crippen LogP contribution in [-0.4, -0.2) is 40.5 Å². The van der Waals surface area contributed by atoms with Crippen molar-refractivity contribution in [2.45, 2.75) is 25.8 Å². The van der Waals surface area contributed by atoms with Crippen molar-refractivity contribution in [2.75, 3.05) is 13.2 Å². The summed E-state index contributed by atoms with van der Waals surface area (Å²) in [5.74, 6) is -0.666. The third-order valence-electron chi connectivity index (χ3n) is 3.42. The summed E-state index contributed by atoms with van der Waals surface area (Å²) in [6, 6.07) is 2.35. The third kappa shape index (κ3) is 2.74. The first-order chi connectivity index (χ1) is 9.54. The normalized spacial score (nSPS) is 18.1. The maximum Gasteiger partial charge on any atom is 0.328 e. The minimum absolute atomic E-state index is 0.247. The third-order valence-corrected chi connectivity index (χ3v) is 3.42. The first kappa shape index (κ1) is 14.3. The predicted octanol–water partition coefficient (Wildman–Crippen LogP) is 0.553. The number of hydrogen-bond acceptors (Lipinski definition) is 4. The molecule has 1 aromatic rings. The van der Waals surface area contributed by atoms with Gasteiger partial charge in [0.1, 0.15) is 6.04 Å². The molecule has 0 saturated carbocycles. The standard InChI is InChI=1S/C14H18N2O4/c1-3-20-14(19)11-5-4-7-16(11)13(18)10-6-8-15(2)12(17)9-10/h6,8-9,11H,3-5,7H2,1-2H3. The molecule has 0 aromatic carbocycles. The molecule has 0 N–H and O–H groups in total. The lowest BCUT2D eigenvalue weighted by atomic mass is 10.2. The summed E-state index contributed by atoms with van der Waals surface area (Å²) >= 11 is 0. The maximum absolute atomic E-state index is 12.4. The first-order valence-corrected chi connectivity index (χ1v) is 6.69. The number of aromatic nitrogens is 1. The molecule has 6 nitrogen and oxygen atoms in total. The van der Waals surface area contributed by atoms with Crippen LogP contribution in [0.25, 0.3) is 0 Å². The predicted molar refractivity (Wildman–Crippen MR) is 72.4 cm³/mol. The van der Waals surface area contributed by atoms with Crippen LogP contribution in [0.4, 0.5) is 0 Å². The van der Waals surface area contributed by atoms with Crippen LogP contribution in [0, 0.1) is 0 Å². The molecule has 0 radical (unpaired) electrons. The molecule has 108 valence electrons. The van der Waals surface area contributed by atoms with Crippen LogP contribution in [-0.2, 0) is 16.6 Å². The fourth-order valence-electron chi connectivity index (χ4n) is 2.34. The van der Waals surface area contributed by atoms with E-state index in [0.29, 0.717) is 25.1 Å². The van der Waals surface area contributed by atoms with Gasteiger partial charge in [0.05, 0.1) is 6.61 Å². The topological polar surface area (TPSA) is 68.6 Å². The van der Waals surface area contributed by atoms with E-state index in [4.69, 9.17) is 4.74 Å². The van der Waals surface area contributed by atoms with Crippen molar-refractivity contribution in [2.24, 2.45) is 7.05 Å². The van der Waals surface area contributed by atoms with Crippen LogP contribution in [0.2, 0.25) is 0 Å². The number of rotatable bonds is 3. The van der Waals surface area contributed by atoms with Gasteiger partial charge in [-0.3, -0.25) is 9.59 Å². The van der Waals surface area contributed by atoms with Crippen molar-refractivity contribution in [3.63, 3.8) is 0 Å². The highest BCUT2D eigenvalue weighted by molar-refractivity contribution is 5.97. The number of esters is 1. The summed E-state index contributed by atoms with van der Waals surface area (Å²) in [7, 11) is 1.62. The average Bonchev–Trinajstić information content (AvgIpc) is 2.90. The Hall–Kier alpha value is -2.11. The second-order valence-electron chi connectivity index (χ2n) is 4.77. The van der Waals surface area contributed by atoms with Crippen LogP contribution in [0.15, 0.2) is 23.1 Å². The largest absolute Gasteiger partial charge is 0.464 e. The molecule has 1 aromatic heterocycles. The number of carbonyl (C=O) groups excluding carboxylic acids is 2. The minimum Gasteiger partial charge on any atom is -0.464 e. The molecule has 1 atom stereocenters. The van der Waals surface area contributed by atoms with E-state index in [0.717, 1.165) is 6.42 Å². The first-order valence-electron chi connectivity index (χ1n) is 6.69. The molecule has 0 bridgehead atoms. The van der Waals surface area contributed by atoms with E-state index < -0.39 is 6.04 Å². The summed E-state index contributed by atoms with van der Waals surface area (Å²) < 4.78 is 6.38. The second kappa shape index (κ2) is 5.90. The lowest BCUT2D eigenvalue weighted by Crippen LogP contribution is -2.41. The Morgan fingerprint density at radius 3 is 2.85 bits per heavy atom. The summed E-state index contributed by atoms with van der Waals surface area (Å²) in [4.78, 5) is 37.3. The van der Waals surface area contributed by atoms with Gasteiger partial charge >= 0.3 is 5.97 Å². The van der Waals surface area contributed by atoms with Gasteiger partial charge in [-0.25, -0.2) is 4.79 Å². The molecule has 2 heterocycles. The van der Waals surface area contributed by atoms with Gasteiger partial charge < -0.3 is 14.2 Å². The molecule has 2 rings (SSSR count). The Balaban J connectivity index is 2.21. The summed E-state index contributed by atoms with van der Waals surface area (Å²) in [6.07, 6.45) is 2.92. The second-order valence-corrected chi connectivity index (χ2v) is 4.77. The Labute approximate surface area is 116 Å². The van der Waals surface area contributed by atoms with Gasteiger partial charge in [0.15, 0.2) is 0 Å². The molecular formula is C14H18N2O4. The Kier molecular flexibility index (Phi) is 4.22. The van der Waals surface area contributed by atoms with E-state index in [9.17, 15) is 14.4 Å². The number of pyridine rings is 1. The molecular weight excluding hydrogens is 260 g/mol. The Morgan fingerprint density at radius 1 is 1.45 bits per heavy atom. The van der Waals surface area contributed by atoms with E-state index in [1.807, 2.05) is 0 Å². The van der Waals surface area contributed by atoms with Gasteiger partial charge in [0.25, 0.3) is 11.5 Å². The maximum atomic E-state index is 12.4. The highest BCUT2D eigenvalue weighted by Gasteiger charge is 2.35. The van der Waals surface area contributed by atoms with Crippen molar-refractivity contribution in [1.29, 1.82) is 0 Å². The summed E-state index contributed by atoms with van der Waals surface area (Å²) in [5, 5.41) is 0. The fraction of sp³-hybridized carbons (Fsp3) is 0.500. The molecule has 0 aliphatic carbocycles. The summed E-state index contributed by atoms with van der Waals surface area (Å²) in [6.45, 7) is 2.54. The number of carbonyl (C=O) groups is 2. The van der Waals surface area contributed by atoms with Gasteiger partial charge in [-0.2, -0.15) is 0 Å². The zero-order chi connectivity index (χ0) is 14.7. The molecule has 20 heavy (non-hydrogen) atoms. The van der Waals surface area contributed by atoms with Crippen molar-refractivity contribution in [3.05, 3.63) is 34.2 Å². The number of aryl methyl sites for hydroxylation is 1. The number of likely N-dealkylation sites (tertiary alicyclic amines) is 1. The zero-order valence-electron chi connectivity index (χ0n) is 11.7. The van der Waals surface area contributed by atoms with Gasteiger partial charge in [-0.15, -0.1) is 0 Å². The van der Waals surface area contributed by atoms with Crippen LogP contribution in [0.3, 0.4) is 0 Å². The number of amides is 1. The summed E-state index contributed by atoms with van der Waals surface area (Å²) in [5.41, 5.74) is 0.0621. The van der Waals surface area contributed by atoms with Crippen molar-refractivity contribution >= 4 is 11.9 Å². The lowest BCUT2D eigenvalue weighted by molar-refractivity contribution is -0.147. The van der Waals surface area contributed by atoms with Crippen LogP contribution >= 0.6 is 0 Å². The van der Waals surface area contributed by atoms with E-state index >= 15 is 0 Å². The number of ether oxygens (including phenoxy) is 1. The molecule has 1 fully saturated rings. The van der Waals surface area contributed by atoms with Gasteiger partial charge in [-0.1, -0.05) is 0 Å². The van der Waals surface area contributed by atoms with Crippen molar-refractivity contribution < 1.29 is 14.3 Å². The molecule has 1 unspecified atom stereocenters. The van der Waals surface area contributed by atoms with Gasteiger partial charge in [0, 0.05) is 31.4 Å². The van der Waals surface area contributed by atoms with Crippen molar-refractivity contribution in [3.8, 4) is 0 Å².